The molecule has 0 aromatic heterocycles. The van der Waals surface area contributed by atoms with Gasteiger partial charge in [0.2, 0.25) is 5.91 Å². The van der Waals surface area contributed by atoms with Crippen LogP contribution in [0.1, 0.15) is 129 Å². The third-order valence-electron chi connectivity index (χ3n) is 7.86. The standard InChI is InChI=1S/C32H61NO8/c1-3-5-7-9-10-11-12-13-14-15-16-18-19-21-26(35)25(33-28(36)22-20-17-8-6-4-2)24-40-32-31(39)30(38)29(37)27(23-34)41-32/h19,21,25-27,29-32,34-35,37-39H,3-18,20,22-24H2,1-2H3,(H,33,36)/b21-19+/t25-,26+,27?,29-,30-,31?,32+/m0/s1. The van der Waals surface area contributed by atoms with Gasteiger partial charge in [-0.3, -0.25) is 4.79 Å². The summed E-state index contributed by atoms with van der Waals surface area (Å²) in [4.78, 5) is 12.6. The van der Waals surface area contributed by atoms with Gasteiger partial charge in [-0.2, -0.15) is 0 Å². The lowest BCUT2D eigenvalue weighted by Gasteiger charge is -2.40. The molecular weight excluding hydrogens is 526 g/mol. The summed E-state index contributed by atoms with van der Waals surface area (Å²) in [5, 5.41) is 53.4. The van der Waals surface area contributed by atoms with Gasteiger partial charge in [-0.1, -0.05) is 116 Å². The largest absolute Gasteiger partial charge is 0.394 e. The van der Waals surface area contributed by atoms with Gasteiger partial charge in [0.05, 0.1) is 25.4 Å². The van der Waals surface area contributed by atoms with E-state index < -0.39 is 49.5 Å². The molecule has 1 fully saturated rings. The third kappa shape index (κ3) is 17.0. The summed E-state index contributed by atoms with van der Waals surface area (Å²) in [6.45, 7) is 3.63. The summed E-state index contributed by atoms with van der Waals surface area (Å²) >= 11 is 0. The van der Waals surface area contributed by atoms with Crippen molar-refractivity contribution < 1.29 is 39.8 Å². The lowest BCUT2D eigenvalue weighted by atomic mass is 9.99. The Morgan fingerprint density at radius 1 is 0.805 bits per heavy atom. The Morgan fingerprint density at radius 2 is 1.34 bits per heavy atom. The monoisotopic (exact) mass is 587 g/mol. The summed E-state index contributed by atoms with van der Waals surface area (Å²) in [5.74, 6) is -0.193. The highest BCUT2D eigenvalue weighted by atomic mass is 16.7. The van der Waals surface area contributed by atoms with Crippen molar-refractivity contribution in [1.29, 1.82) is 0 Å². The molecule has 1 aliphatic heterocycles. The Labute approximate surface area is 248 Å². The molecule has 2 unspecified atom stereocenters. The first-order valence-electron chi connectivity index (χ1n) is 16.4. The normalized spacial score (nSPS) is 24.5. The molecule has 242 valence electrons. The lowest BCUT2D eigenvalue weighted by molar-refractivity contribution is -0.302. The second kappa shape index (κ2) is 24.4. The Hall–Kier alpha value is -1.07. The number of nitrogens with one attached hydrogen (secondary N) is 1. The summed E-state index contributed by atoms with van der Waals surface area (Å²) in [6, 6.07) is -0.793. The number of hydrogen-bond acceptors (Lipinski definition) is 8. The van der Waals surface area contributed by atoms with Crippen molar-refractivity contribution in [2.24, 2.45) is 0 Å². The summed E-state index contributed by atoms with van der Waals surface area (Å²) in [7, 11) is 0. The van der Waals surface area contributed by atoms with Crippen molar-refractivity contribution in [2.75, 3.05) is 13.2 Å². The van der Waals surface area contributed by atoms with Crippen LogP contribution in [0.3, 0.4) is 0 Å². The van der Waals surface area contributed by atoms with E-state index in [1.165, 1.54) is 57.8 Å². The van der Waals surface area contributed by atoms with Crippen LogP contribution in [0.2, 0.25) is 0 Å². The summed E-state index contributed by atoms with van der Waals surface area (Å²) < 4.78 is 11.0. The molecule has 7 atom stereocenters. The van der Waals surface area contributed by atoms with Crippen LogP contribution in [0, 0.1) is 0 Å². The number of carbonyl (C=O) groups is 1. The van der Waals surface area contributed by atoms with Crippen LogP contribution in [-0.2, 0) is 14.3 Å². The number of amides is 1. The topological polar surface area (TPSA) is 149 Å². The Morgan fingerprint density at radius 3 is 1.90 bits per heavy atom. The van der Waals surface area contributed by atoms with Crippen LogP contribution in [0.4, 0.5) is 0 Å². The minimum atomic E-state index is -1.56. The van der Waals surface area contributed by atoms with Crippen LogP contribution < -0.4 is 5.32 Å². The molecule has 0 aliphatic carbocycles. The molecule has 1 aliphatic rings. The fraction of sp³-hybridized carbons (Fsp3) is 0.906. The van der Waals surface area contributed by atoms with Gasteiger partial charge in [-0.05, 0) is 19.3 Å². The predicted octanol–water partition coefficient (Wildman–Crippen LogP) is 4.27. The fourth-order valence-corrected chi connectivity index (χ4v) is 5.09. The molecule has 1 amide bonds. The minimum absolute atomic E-state index is 0.186. The van der Waals surface area contributed by atoms with E-state index in [-0.39, 0.29) is 12.5 Å². The zero-order valence-electron chi connectivity index (χ0n) is 25.8. The van der Waals surface area contributed by atoms with Gasteiger partial charge in [-0.25, -0.2) is 0 Å². The average molecular weight is 588 g/mol. The van der Waals surface area contributed by atoms with Crippen molar-refractivity contribution in [2.45, 2.75) is 172 Å². The highest BCUT2D eigenvalue weighted by Gasteiger charge is 2.44. The molecule has 9 heteroatoms. The quantitative estimate of drug-likeness (QED) is 0.0685. The van der Waals surface area contributed by atoms with Gasteiger partial charge in [-0.15, -0.1) is 0 Å². The molecule has 6 N–H and O–H groups in total. The Balaban J connectivity index is 2.50. The molecule has 0 radical (unpaired) electrons. The molecule has 1 saturated heterocycles. The van der Waals surface area contributed by atoms with Gasteiger partial charge in [0.25, 0.3) is 0 Å². The van der Waals surface area contributed by atoms with Gasteiger partial charge in [0, 0.05) is 6.42 Å². The zero-order chi connectivity index (χ0) is 30.3. The van der Waals surface area contributed by atoms with E-state index >= 15 is 0 Å². The molecule has 0 saturated carbocycles. The van der Waals surface area contributed by atoms with E-state index in [0.29, 0.717) is 6.42 Å². The molecule has 0 bridgehead atoms. The SMILES string of the molecule is CCCCCCCCCCCCC/C=C/[C@@H](O)[C@H](CO[C@@H]1OC(CO)[C@H](O)[C@H](O)C1O)NC(=O)CCCCCCC. The van der Waals surface area contributed by atoms with E-state index in [1.54, 1.807) is 6.08 Å². The molecular formula is C32H61NO8. The zero-order valence-corrected chi connectivity index (χ0v) is 25.8. The smallest absolute Gasteiger partial charge is 0.220 e. The highest BCUT2D eigenvalue weighted by molar-refractivity contribution is 5.76. The van der Waals surface area contributed by atoms with Crippen molar-refractivity contribution in [3.8, 4) is 0 Å². The molecule has 9 nitrogen and oxygen atoms in total. The number of ether oxygens (including phenoxy) is 2. The second-order valence-electron chi connectivity index (χ2n) is 11.6. The molecule has 41 heavy (non-hydrogen) atoms. The number of hydrogen-bond donors (Lipinski definition) is 6. The molecule has 0 aromatic rings. The Bertz CT molecular complexity index is 662. The van der Waals surface area contributed by atoms with E-state index in [1.807, 2.05) is 6.08 Å². The van der Waals surface area contributed by atoms with Crippen LogP contribution in [0.5, 0.6) is 0 Å². The average Bonchev–Trinajstić information content (AvgIpc) is 2.97. The third-order valence-corrected chi connectivity index (χ3v) is 7.86. The number of aliphatic hydroxyl groups is 5. The second-order valence-corrected chi connectivity index (χ2v) is 11.6. The summed E-state index contributed by atoms with van der Waals surface area (Å²) in [5.41, 5.74) is 0. The van der Waals surface area contributed by atoms with E-state index in [9.17, 15) is 30.3 Å². The predicted molar refractivity (Wildman–Crippen MR) is 161 cm³/mol. The number of rotatable bonds is 25. The first-order valence-corrected chi connectivity index (χ1v) is 16.4. The number of unbranched alkanes of at least 4 members (excludes halogenated alkanes) is 15. The Kier molecular flexibility index (Phi) is 22.6. The summed E-state index contributed by atoms with van der Waals surface area (Å²) in [6.07, 6.45) is 15.8. The maximum absolute atomic E-state index is 12.6. The number of allylic oxidation sites excluding steroid dienone is 1. The number of carbonyl (C=O) groups excluding carboxylic acids is 1. The lowest BCUT2D eigenvalue weighted by Crippen LogP contribution is -2.60. The minimum Gasteiger partial charge on any atom is -0.394 e. The van der Waals surface area contributed by atoms with E-state index in [0.717, 1.165) is 51.4 Å². The van der Waals surface area contributed by atoms with Crippen LogP contribution >= 0.6 is 0 Å². The van der Waals surface area contributed by atoms with E-state index in [2.05, 4.69) is 19.2 Å². The molecule has 0 spiro atoms. The number of aliphatic hydroxyl groups excluding tert-OH is 5. The van der Waals surface area contributed by atoms with Crippen molar-refractivity contribution in [3.05, 3.63) is 12.2 Å². The van der Waals surface area contributed by atoms with Crippen LogP contribution in [0.25, 0.3) is 0 Å². The van der Waals surface area contributed by atoms with Crippen molar-refractivity contribution in [3.63, 3.8) is 0 Å². The first-order chi connectivity index (χ1) is 19.8. The van der Waals surface area contributed by atoms with Gasteiger partial charge >= 0.3 is 0 Å². The molecule has 1 heterocycles. The van der Waals surface area contributed by atoms with Gasteiger partial charge < -0.3 is 40.3 Å². The molecule has 0 aromatic carbocycles. The van der Waals surface area contributed by atoms with Crippen molar-refractivity contribution in [1.82, 2.24) is 5.32 Å². The van der Waals surface area contributed by atoms with Crippen molar-refractivity contribution >= 4 is 5.91 Å². The highest BCUT2D eigenvalue weighted by Crippen LogP contribution is 2.22. The van der Waals surface area contributed by atoms with E-state index in [4.69, 9.17) is 9.47 Å². The maximum atomic E-state index is 12.6. The fourth-order valence-electron chi connectivity index (χ4n) is 5.09. The van der Waals surface area contributed by atoms with Gasteiger partial charge in [0.15, 0.2) is 6.29 Å². The van der Waals surface area contributed by atoms with Crippen LogP contribution in [-0.4, -0.2) is 87.5 Å². The van der Waals surface area contributed by atoms with Crippen LogP contribution in [0.15, 0.2) is 12.2 Å². The first kappa shape index (κ1) is 38.0. The van der Waals surface area contributed by atoms with Gasteiger partial charge in [0.1, 0.15) is 24.4 Å². The molecule has 1 rings (SSSR count). The maximum Gasteiger partial charge on any atom is 0.220 e.